The molecule has 4 nitrogen and oxygen atoms in total. The van der Waals surface area contributed by atoms with Crippen LogP contribution in [-0.2, 0) is 15.1 Å². The minimum atomic E-state index is -5.82. The Hall–Kier alpha value is -2.78. The third-order valence-corrected chi connectivity index (χ3v) is 10.7. The molecule has 40 heavy (non-hydrogen) atoms. The Morgan fingerprint density at radius 2 is 1.55 bits per heavy atom. The molecule has 218 valence electrons. The molecule has 0 aliphatic heterocycles. The number of carbonyl (C=O) groups excluding carboxylic acids is 1. The molecule has 4 aliphatic carbocycles. The predicted octanol–water partition coefficient (Wildman–Crippen LogP) is 7.18. The highest BCUT2D eigenvalue weighted by atomic mass is 19.4. The number of rotatable bonds is 4. The first kappa shape index (κ1) is 28.7. The molecule has 10 heteroatoms. The van der Waals surface area contributed by atoms with Gasteiger partial charge in [-0.3, -0.25) is 9.59 Å². The Balaban J connectivity index is 1.46. The van der Waals surface area contributed by atoms with Crippen LogP contribution >= 0.6 is 0 Å². The molecular formula is C30H33F6NO3. The lowest BCUT2D eigenvalue weighted by atomic mass is 9.48. The molecule has 1 aromatic rings. The Labute approximate surface area is 228 Å². The van der Waals surface area contributed by atoms with E-state index in [1.54, 1.807) is 0 Å². The van der Waals surface area contributed by atoms with E-state index < -0.39 is 52.6 Å². The van der Waals surface area contributed by atoms with Gasteiger partial charge < -0.3 is 10.4 Å². The summed E-state index contributed by atoms with van der Waals surface area (Å²) < 4.78 is 86.1. The summed E-state index contributed by atoms with van der Waals surface area (Å²) >= 11 is 0. The summed E-state index contributed by atoms with van der Waals surface area (Å²) in [5, 5.41) is 11.0. The van der Waals surface area contributed by atoms with Gasteiger partial charge in [-0.2, -0.15) is 26.3 Å². The normalized spacial score (nSPS) is 35.7. The number of fused-ring (bicyclic) bond motifs is 5. The fourth-order valence-corrected chi connectivity index (χ4v) is 8.44. The lowest BCUT2D eigenvalue weighted by Gasteiger charge is -2.56. The van der Waals surface area contributed by atoms with Crippen molar-refractivity contribution in [3.05, 3.63) is 59.7 Å². The molecule has 1 aromatic carbocycles. The molecule has 2 saturated carbocycles. The SMILES string of the molecule is C[C@]12CC[C@H]3[C@@H](C=CC4=CC(C(=O)O)CC[C@@]43C)[C@@H]1CC[C@@H]2C(=O)NC(c1ccccc1)(C(F)(F)F)C(F)(F)F. The maximum Gasteiger partial charge on any atom is 0.424 e. The fraction of sp³-hybridized carbons (Fsp3) is 0.600. The zero-order valence-electron chi connectivity index (χ0n) is 22.3. The van der Waals surface area contributed by atoms with Gasteiger partial charge in [-0.1, -0.05) is 62.4 Å². The van der Waals surface area contributed by atoms with Gasteiger partial charge in [0.05, 0.1) is 5.92 Å². The van der Waals surface area contributed by atoms with E-state index in [0.29, 0.717) is 32.1 Å². The molecule has 4 aliphatic rings. The maximum atomic E-state index is 14.3. The van der Waals surface area contributed by atoms with Crippen LogP contribution in [0.4, 0.5) is 26.3 Å². The summed E-state index contributed by atoms with van der Waals surface area (Å²) in [4.78, 5) is 25.1. The van der Waals surface area contributed by atoms with E-state index in [9.17, 15) is 41.0 Å². The van der Waals surface area contributed by atoms with Crippen molar-refractivity contribution in [1.29, 1.82) is 0 Å². The van der Waals surface area contributed by atoms with Crippen molar-refractivity contribution < 1.29 is 41.0 Å². The van der Waals surface area contributed by atoms with Gasteiger partial charge in [-0.25, -0.2) is 0 Å². The van der Waals surface area contributed by atoms with Crippen LogP contribution < -0.4 is 5.32 Å². The second-order valence-corrected chi connectivity index (χ2v) is 12.4. The van der Waals surface area contributed by atoms with E-state index in [1.165, 1.54) is 11.4 Å². The number of hydrogen-bond acceptors (Lipinski definition) is 2. The Kier molecular flexibility index (Phi) is 6.74. The van der Waals surface area contributed by atoms with Gasteiger partial charge >= 0.3 is 18.3 Å². The number of amides is 1. The van der Waals surface area contributed by atoms with E-state index >= 15 is 0 Å². The lowest BCUT2D eigenvalue weighted by molar-refractivity contribution is -0.312. The number of alkyl halides is 6. The third-order valence-electron chi connectivity index (χ3n) is 10.7. The first-order chi connectivity index (χ1) is 18.6. The van der Waals surface area contributed by atoms with Gasteiger partial charge in [0.2, 0.25) is 5.91 Å². The van der Waals surface area contributed by atoms with Crippen LogP contribution in [0, 0.1) is 40.4 Å². The maximum absolute atomic E-state index is 14.3. The minimum absolute atomic E-state index is 0.00388. The first-order valence-electron chi connectivity index (χ1n) is 13.7. The zero-order chi connectivity index (χ0) is 29.3. The summed E-state index contributed by atoms with van der Waals surface area (Å²) in [6.45, 7) is 3.96. The lowest BCUT2D eigenvalue weighted by Crippen LogP contribution is -2.66. The summed E-state index contributed by atoms with van der Waals surface area (Å²) in [6, 6.07) is 4.97. The monoisotopic (exact) mass is 569 g/mol. The number of halogens is 6. The topological polar surface area (TPSA) is 66.4 Å². The van der Waals surface area contributed by atoms with Crippen molar-refractivity contribution in [3.8, 4) is 0 Å². The highest BCUT2D eigenvalue weighted by Gasteiger charge is 2.73. The van der Waals surface area contributed by atoms with Gasteiger partial charge in [0.25, 0.3) is 5.54 Å². The highest BCUT2D eigenvalue weighted by Crippen LogP contribution is 2.65. The smallest absolute Gasteiger partial charge is 0.424 e. The predicted molar refractivity (Wildman–Crippen MR) is 135 cm³/mol. The van der Waals surface area contributed by atoms with E-state index in [-0.39, 0.29) is 29.6 Å². The van der Waals surface area contributed by atoms with Gasteiger partial charge in [-0.05, 0) is 78.2 Å². The van der Waals surface area contributed by atoms with Crippen LogP contribution in [0.3, 0.4) is 0 Å². The zero-order valence-corrected chi connectivity index (χ0v) is 22.3. The first-order valence-corrected chi connectivity index (χ1v) is 13.7. The summed E-state index contributed by atoms with van der Waals surface area (Å²) in [6.07, 6.45) is -2.79. The molecule has 2 N–H and O–H groups in total. The van der Waals surface area contributed by atoms with Crippen molar-refractivity contribution in [3.63, 3.8) is 0 Å². The van der Waals surface area contributed by atoms with E-state index in [4.69, 9.17) is 0 Å². The van der Waals surface area contributed by atoms with Crippen LogP contribution in [0.5, 0.6) is 0 Å². The van der Waals surface area contributed by atoms with E-state index in [2.05, 4.69) is 6.92 Å². The van der Waals surface area contributed by atoms with Crippen LogP contribution in [0.2, 0.25) is 0 Å². The van der Waals surface area contributed by atoms with Crippen molar-refractivity contribution in [2.75, 3.05) is 0 Å². The van der Waals surface area contributed by atoms with Crippen molar-refractivity contribution in [1.82, 2.24) is 5.32 Å². The largest absolute Gasteiger partial charge is 0.481 e. The molecule has 1 amide bonds. The Morgan fingerprint density at radius 1 is 0.900 bits per heavy atom. The average molecular weight is 570 g/mol. The van der Waals surface area contributed by atoms with Crippen molar-refractivity contribution in [2.45, 2.75) is 70.3 Å². The number of carbonyl (C=O) groups is 2. The number of benzene rings is 1. The molecule has 5 rings (SSSR count). The molecule has 7 atom stereocenters. The second-order valence-electron chi connectivity index (χ2n) is 12.4. The second kappa shape index (κ2) is 9.38. The van der Waals surface area contributed by atoms with Crippen molar-refractivity contribution in [2.24, 2.45) is 40.4 Å². The van der Waals surface area contributed by atoms with Crippen LogP contribution in [-0.4, -0.2) is 29.3 Å². The molecule has 0 radical (unpaired) electrons. The van der Waals surface area contributed by atoms with Gasteiger partial charge in [0.15, 0.2) is 0 Å². The fourth-order valence-electron chi connectivity index (χ4n) is 8.44. The van der Waals surface area contributed by atoms with E-state index in [0.717, 1.165) is 29.8 Å². The standard InChI is InChI=1S/C30H33F6NO3/c1-26-14-12-17(25(39)40)16-19(26)8-9-20-21-10-11-23(27(21,2)15-13-22(20)26)24(38)37-28(29(31,32)33,30(34,35)36)18-6-4-3-5-7-18/h3-9,16-17,20-23H,10-15H2,1-2H3,(H,37,38)(H,39,40)/t17?,20-,21-,22-,23+,26-,27-/m0/s1. The number of nitrogens with one attached hydrogen (secondary N) is 1. The van der Waals surface area contributed by atoms with Crippen LogP contribution in [0.15, 0.2) is 54.1 Å². The number of carboxylic acids is 1. The van der Waals surface area contributed by atoms with Gasteiger partial charge in [0, 0.05) is 5.92 Å². The van der Waals surface area contributed by atoms with Crippen LogP contribution in [0.25, 0.3) is 0 Å². The van der Waals surface area contributed by atoms with Gasteiger partial charge in [0.1, 0.15) is 0 Å². The third kappa shape index (κ3) is 4.11. The Morgan fingerprint density at radius 3 is 2.15 bits per heavy atom. The summed E-state index contributed by atoms with van der Waals surface area (Å²) in [5.74, 6) is -3.57. The molecule has 0 heterocycles. The molecule has 0 bridgehead atoms. The average Bonchev–Trinajstić information content (AvgIpc) is 3.23. The summed E-state index contributed by atoms with van der Waals surface area (Å²) in [5.41, 5.74) is -5.66. The number of carboxylic acid groups (broad SMARTS) is 1. The Bertz CT molecular complexity index is 1220. The summed E-state index contributed by atoms with van der Waals surface area (Å²) in [7, 11) is 0. The number of allylic oxidation sites excluding steroid dienone is 3. The van der Waals surface area contributed by atoms with E-state index in [1.807, 2.05) is 25.2 Å². The number of aliphatic carboxylic acids is 1. The number of hydrogen-bond donors (Lipinski definition) is 2. The molecule has 1 unspecified atom stereocenters. The minimum Gasteiger partial charge on any atom is -0.481 e. The van der Waals surface area contributed by atoms with Gasteiger partial charge in [-0.15, -0.1) is 0 Å². The van der Waals surface area contributed by atoms with Crippen molar-refractivity contribution >= 4 is 11.9 Å². The molecule has 0 spiro atoms. The highest BCUT2D eigenvalue weighted by molar-refractivity contribution is 5.81. The molecule has 2 fully saturated rings. The molecule has 0 aromatic heterocycles. The quantitative estimate of drug-likeness (QED) is 0.378. The molecule has 0 saturated heterocycles. The van der Waals surface area contributed by atoms with Crippen LogP contribution in [0.1, 0.15) is 57.9 Å². The molecular weight excluding hydrogens is 536 g/mol.